The lowest BCUT2D eigenvalue weighted by Crippen LogP contribution is -1.90. The van der Waals surface area contributed by atoms with Crippen molar-refractivity contribution in [2.24, 2.45) is 0 Å². The van der Waals surface area contributed by atoms with E-state index in [9.17, 15) is 0 Å². The number of benzene rings is 1. The van der Waals surface area contributed by atoms with E-state index in [-0.39, 0.29) is 0 Å². The molecule has 0 unspecified atom stereocenters. The van der Waals surface area contributed by atoms with Gasteiger partial charge in [0.15, 0.2) is 0 Å². The van der Waals surface area contributed by atoms with Gasteiger partial charge in [0.05, 0.1) is 0 Å². The van der Waals surface area contributed by atoms with Crippen molar-refractivity contribution in [1.82, 2.24) is 0 Å². The maximum absolute atomic E-state index is 5.58. The molecule has 4 N–H and O–H groups in total. The third-order valence-corrected chi connectivity index (χ3v) is 1.36. The predicted octanol–water partition coefficient (Wildman–Crippen LogP) is 1.88. The van der Waals surface area contributed by atoms with Crippen LogP contribution in [0.3, 0.4) is 0 Å². The number of nitrogen functional groups attached to an aromatic ring is 2. The van der Waals surface area contributed by atoms with Crippen LogP contribution in [0.15, 0.2) is 24.3 Å². The Morgan fingerprint density at radius 1 is 1.09 bits per heavy atom. The largest absolute Gasteiger partial charge is 0.399 e. The summed E-state index contributed by atoms with van der Waals surface area (Å²) in [5.74, 6) is 0. The molecule has 2 heteroatoms. The zero-order valence-electron chi connectivity index (χ0n) is 6.54. The number of nitrogens with two attached hydrogens (primary N) is 2. The molecule has 0 fully saturated rings. The number of hydrogen-bond acceptors (Lipinski definition) is 2. The minimum atomic E-state index is 0.707. The first kappa shape index (κ1) is 7.66. The van der Waals surface area contributed by atoms with Gasteiger partial charge in [0.2, 0.25) is 0 Å². The molecule has 0 saturated heterocycles. The zero-order valence-corrected chi connectivity index (χ0v) is 6.54. The number of anilines is 2. The average molecular weight is 148 g/mol. The highest BCUT2D eigenvalue weighted by atomic mass is 14.6. The molecule has 1 aromatic rings. The molecule has 0 atom stereocenters. The summed E-state index contributed by atoms with van der Waals surface area (Å²) < 4.78 is 0. The number of rotatable bonds is 1. The van der Waals surface area contributed by atoms with E-state index in [1.54, 1.807) is 6.07 Å². The maximum Gasteiger partial charge on any atom is 0.0340 e. The standard InChI is InChI=1S/C9H12N2/c1-2-3-7-4-8(10)6-9(11)5-7/h2-6H,10-11H2,1H3. The molecule has 11 heavy (non-hydrogen) atoms. The van der Waals surface area contributed by atoms with Gasteiger partial charge in [0, 0.05) is 11.4 Å². The number of allylic oxidation sites excluding steroid dienone is 1. The lowest BCUT2D eigenvalue weighted by atomic mass is 10.1. The van der Waals surface area contributed by atoms with E-state index in [1.165, 1.54) is 0 Å². The van der Waals surface area contributed by atoms with Gasteiger partial charge in [0.1, 0.15) is 0 Å². The Kier molecular flexibility index (Phi) is 2.16. The fourth-order valence-electron chi connectivity index (χ4n) is 0.991. The average Bonchev–Trinajstić information content (AvgIpc) is 1.85. The van der Waals surface area contributed by atoms with Crippen LogP contribution in [-0.4, -0.2) is 0 Å². The van der Waals surface area contributed by atoms with Crippen molar-refractivity contribution in [3.05, 3.63) is 29.8 Å². The van der Waals surface area contributed by atoms with E-state index < -0.39 is 0 Å². The van der Waals surface area contributed by atoms with Gasteiger partial charge in [-0.15, -0.1) is 0 Å². The van der Waals surface area contributed by atoms with Crippen LogP contribution < -0.4 is 11.5 Å². The Morgan fingerprint density at radius 2 is 1.64 bits per heavy atom. The van der Waals surface area contributed by atoms with Gasteiger partial charge in [-0.1, -0.05) is 12.2 Å². The van der Waals surface area contributed by atoms with Crippen molar-refractivity contribution >= 4 is 17.5 Å². The maximum atomic E-state index is 5.58. The molecule has 2 nitrogen and oxygen atoms in total. The zero-order chi connectivity index (χ0) is 8.27. The SMILES string of the molecule is CC=Cc1cc(N)cc(N)c1. The van der Waals surface area contributed by atoms with E-state index in [2.05, 4.69) is 0 Å². The molecule has 0 bridgehead atoms. The van der Waals surface area contributed by atoms with E-state index >= 15 is 0 Å². The van der Waals surface area contributed by atoms with E-state index in [1.807, 2.05) is 31.2 Å². The van der Waals surface area contributed by atoms with E-state index in [4.69, 9.17) is 11.5 Å². The molecule has 0 aromatic heterocycles. The summed E-state index contributed by atoms with van der Waals surface area (Å²) in [5, 5.41) is 0. The molecular weight excluding hydrogens is 136 g/mol. The van der Waals surface area contributed by atoms with Gasteiger partial charge in [0.25, 0.3) is 0 Å². The summed E-state index contributed by atoms with van der Waals surface area (Å²) in [5.41, 5.74) is 13.6. The van der Waals surface area contributed by atoms with Gasteiger partial charge in [-0.05, 0) is 30.7 Å². The Labute approximate surface area is 66.5 Å². The van der Waals surface area contributed by atoms with Crippen LogP contribution in [0.1, 0.15) is 12.5 Å². The summed E-state index contributed by atoms with van der Waals surface area (Å²) >= 11 is 0. The summed E-state index contributed by atoms with van der Waals surface area (Å²) in [6, 6.07) is 5.51. The van der Waals surface area contributed by atoms with Gasteiger partial charge in [-0.25, -0.2) is 0 Å². The molecule has 58 valence electrons. The van der Waals surface area contributed by atoms with Gasteiger partial charge in [-0.3, -0.25) is 0 Å². The molecule has 1 rings (SSSR count). The Balaban J connectivity index is 3.08. The molecule has 0 aliphatic rings. The highest BCUT2D eigenvalue weighted by molar-refractivity contribution is 5.62. The highest BCUT2D eigenvalue weighted by Gasteiger charge is 1.91. The second-order valence-corrected chi connectivity index (χ2v) is 2.43. The molecule has 0 saturated carbocycles. The molecule has 0 spiro atoms. The van der Waals surface area contributed by atoms with Crippen molar-refractivity contribution in [1.29, 1.82) is 0 Å². The second kappa shape index (κ2) is 3.10. The Morgan fingerprint density at radius 3 is 2.09 bits per heavy atom. The molecule has 1 aromatic carbocycles. The van der Waals surface area contributed by atoms with Crippen molar-refractivity contribution < 1.29 is 0 Å². The monoisotopic (exact) mass is 148 g/mol. The minimum Gasteiger partial charge on any atom is -0.399 e. The lowest BCUT2D eigenvalue weighted by molar-refractivity contribution is 1.62. The smallest absolute Gasteiger partial charge is 0.0340 e. The van der Waals surface area contributed by atoms with Crippen LogP contribution in [-0.2, 0) is 0 Å². The van der Waals surface area contributed by atoms with Crippen LogP contribution in [0.4, 0.5) is 11.4 Å². The highest BCUT2D eigenvalue weighted by Crippen LogP contribution is 2.14. The van der Waals surface area contributed by atoms with Crippen molar-refractivity contribution in [2.45, 2.75) is 6.92 Å². The fraction of sp³-hybridized carbons (Fsp3) is 0.111. The van der Waals surface area contributed by atoms with Crippen LogP contribution >= 0.6 is 0 Å². The van der Waals surface area contributed by atoms with Crippen molar-refractivity contribution in [3.63, 3.8) is 0 Å². The summed E-state index contributed by atoms with van der Waals surface area (Å²) in [4.78, 5) is 0. The first-order valence-electron chi connectivity index (χ1n) is 3.51. The molecule has 0 heterocycles. The molecule has 0 aliphatic carbocycles. The molecular formula is C9H12N2. The van der Waals surface area contributed by atoms with Crippen molar-refractivity contribution in [3.8, 4) is 0 Å². The quantitative estimate of drug-likeness (QED) is 0.597. The first-order valence-corrected chi connectivity index (χ1v) is 3.51. The second-order valence-electron chi connectivity index (χ2n) is 2.43. The summed E-state index contributed by atoms with van der Waals surface area (Å²) in [6.45, 7) is 1.96. The fourth-order valence-corrected chi connectivity index (χ4v) is 0.991. The van der Waals surface area contributed by atoms with Crippen LogP contribution in [0.2, 0.25) is 0 Å². The normalized spacial score (nSPS) is 10.6. The summed E-state index contributed by atoms with van der Waals surface area (Å²) in [7, 11) is 0. The topological polar surface area (TPSA) is 52.0 Å². The Bertz CT molecular complexity index is 257. The predicted molar refractivity (Wildman–Crippen MR) is 50.0 cm³/mol. The summed E-state index contributed by atoms with van der Waals surface area (Å²) in [6.07, 6.45) is 3.92. The minimum absolute atomic E-state index is 0.707. The van der Waals surface area contributed by atoms with Gasteiger partial charge >= 0.3 is 0 Å². The number of hydrogen-bond donors (Lipinski definition) is 2. The molecule has 0 aliphatic heterocycles. The van der Waals surface area contributed by atoms with Crippen molar-refractivity contribution in [2.75, 3.05) is 11.5 Å². The van der Waals surface area contributed by atoms with Crippen LogP contribution in [0.5, 0.6) is 0 Å². The van der Waals surface area contributed by atoms with Gasteiger partial charge in [-0.2, -0.15) is 0 Å². The molecule has 0 radical (unpaired) electrons. The Hall–Kier alpha value is -1.44. The van der Waals surface area contributed by atoms with Crippen LogP contribution in [0, 0.1) is 0 Å². The van der Waals surface area contributed by atoms with E-state index in [0.29, 0.717) is 11.4 Å². The third-order valence-electron chi connectivity index (χ3n) is 1.36. The third kappa shape index (κ3) is 2.00. The molecule has 0 amide bonds. The first-order chi connectivity index (χ1) is 5.22. The lowest BCUT2D eigenvalue weighted by Gasteiger charge is -1.98. The van der Waals surface area contributed by atoms with E-state index in [0.717, 1.165) is 5.56 Å². The van der Waals surface area contributed by atoms with Crippen LogP contribution in [0.25, 0.3) is 6.08 Å². The van der Waals surface area contributed by atoms with Gasteiger partial charge < -0.3 is 11.5 Å².